The number of allylic oxidation sites excluding steroid dienone is 1. The van der Waals surface area contributed by atoms with Crippen LogP contribution < -0.4 is 5.43 Å². The monoisotopic (exact) mass is 266 g/mol. The van der Waals surface area contributed by atoms with Crippen molar-refractivity contribution in [1.29, 1.82) is 0 Å². The van der Waals surface area contributed by atoms with Gasteiger partial charge in [-0.1, -0.05) is 12.1 Å². The lowest BCUT2D eigenvalue weighted by Crippen LogP contribution is -2.49. The molecule has 5 heteroatoms. The van der Waals surface area contributed by atoms with Gasteiger partial charge in [0.15, 0.2) is 11.6 Å². The number of carbonyl (C=O) groups excluding carboxylic acids is 1. The summed E-state index contributed by atoms with van der Waals surface area (Å²) in [5.74, 6) is -1.91. The Balaban J connectivity index is 2.25. The fourth-order valence-corrected chi connectivity index (χ4v) is 2.15. The Hall–Kier alpha value is -1.75. The molecule has 0 bridgehead atoms. The molecule has 0 saturated carbocycles. The Morgan fingerprint density at radius 3 is 2.74 bits per heavy atom. The standard InChI is InChI=1S/C14H16F2N2O/c1-3-10-6-7-17-18(14(10)19)9(2)11-4-5-12(15)13(16)8-11/h3-5,8-9,17H,6-7H2,1-2H3. The zero-order chi connectivity index (χ0) is 14.0. The van der Waals surface area contributed by atoms with E-state index in [9.17, 15) is 13.6 Å². The number of carbonyl (C=O) groups is 1. The van der Waals surface area contributed by atoms with Gasteiger partial charge in [0.2, 0.25) is 0 Å². The smallest absolute Gasteiger partial charge is 0.264 e. The van der Waals surface area contributed by atoms with Gasteiger partial charge in [-0.2, -0.15) is 0 Å². The third kappa shape index (κ3) is 2.66. The number of halogens is 2. The Morgan fingerprint density at radius 2 is 2.11 bits per heavy atom. The molecule has 0 aromatic heterocycles. The van der Waals surface area contributed by atoms with Crippen LogP contribution >= 0.6 is 0 Å². The van der Waals surface area contributed by atoms with Gasteiger partial charge in [0.1, 0.15) is 0 Å². The van der Waals surface area contributed by atoms with Gasteiger partial charge in [0, 0.05) is 12.1 Å². The third-order valence-corrected chi connectivity index (χ3v) is 3.33. The van der Waals surface area contributed by atoms with E-state index in [4.69, 9.17) is 0 Å². The molecule has 19 heavy (non-hydrogen) atoms. The predicted octanol–water partition coefficient (Wildman–Crippen LogP) is 2.71. The second kappa shape index (κ2) is 5.48. The van der Waals surface area contributed by atoms with Crippen molar-refractivity contribution in [3.8, 4) is 0 Å². The SMILES string of the molecule is CC=C1CCNN(C(C)c2ccc(F)c(F)c2)C1=O. The van der Waals surface area contributed by atoms with Gasteiger partial charge in [0.05, 0.1) is 6.04 Å². The molecular weight excluding hydrogens is 250 g/mol. The lowest BCUT2D eigenvalue weighted by Gasteiger charge is -2.34. The molecule has 1 N–H and O–H groups in total. The normalized spacial score (nSPS) is 19.9. The molecule has 3 nitrogen and oxygen atoms in total. The predicted molar refractivity (Wildman–Crippen MR) is 68.0 cm³/mol. The van der Waals surface area contributed by atoms with E-state index in [0.29, 0.717) is 18.5 Å². The van der Waals surface area contributed by atoms with Crippen LogP contribution in [-0.4, -0.2) is 17.5 Å². The molecule has 1 aromatic rings. The van der Waals surface area contributed by atoms with Crippen molar-refractivity contribution in [3.05, 3.63) is 47.0 Å². The van der Waals surface area contributed by atoms with Crippen molar-refractivity contribution in [1.82, 2.24) is 10.4 Å². The topological polar surface area (TPSA) is 32.3 Å². The van der Waals surface area contributed by atoms with Gasteiger partial charge < -0.3 is 0 Å². The fraction of sp³-hybridized carbons (Fsp3) is 0.357. The van der Waals surface area contributed by atoms with Crippen LogP contribution in [0.25, 0.3) is 0 Å². The molecule has 1 aromatic carbocycles. The summed E-state index contributed by atoms with van der Waals surface area (Å²) >= 11 is 0. The lowest BCUT2D eigenvalue weighted by atomic mass is 10.0. The fourth-order valence-electron chi connectivity index (χ4n) is 2.15. The first-order chi connectivity index (χ1) is 9.04. The maximum absolute atomic E-state index is 13.2. The first-order valence-electron chi connectivity index (χ1n) is 6.21. The van der Waals surface area contributed by atoms with Gasteiger partial charge in [-0.15, -0.1) is 0 Å². The highest BCUT2D eigenvalue weighted by atomic mass is 19.2. The van der Waals surface area contributed by atoms with E-state index >= 15 is 0 Å². The first-order valence-corrected chi connectivity index (χ1v) is 6.21. The van der Waals surface area contributed by atoms with Gasteiger partial charge in [-0.3, -0.25) is 9.80 Å². The summed E-state index contributed by atoms with van der Waals surface area (Å²) in [7, 11) is 0. The molecule has 1 heterocycles. The number of nitrogens with one attached hydrogen (secondary N) is 1. The molecule has 1 fully saturated rings. The minimum Gasteiger partial charge on any atom is -0.268 e. The Labute approximate surface area is 110 Å². The summed E-state index contributed by atoms with van der Waals surface area (Å²) in [5, 5.41) is 1.46. The van der Waals surface area contributed by atoms with E-state index in [1.807, 2.05) is 6.92 Å². The number of hydrogen-bond donors (Lipinski definition) is 1. The van der Waals surface area contributed by atoms with Crippen LogP contribution in [0.5, 0.6) is 0 Å². The molecule has 102 valence electrons. The summed E-state index contributed by atoms with van der Waals surface area (Å²) in [4.78, 5) is 12.2. The summed E-state index contributed by atoms with van der Waals surface area (Å²) < 4.78 is 26.2. The Bertz CT molecular complexity index is 528. The molecule has 1 amide bonds. The van der Waals surface area contributed by atoms with Crippen LogP contribution in [-0.2, 0) is 4.79 Å². The van der Waals surface area contributed by atoms with E-state index in [0.717, 1.165) is 17.7 Å². The number of benzene rings is 1. The van der Waals surface area contributed by atoms with Crippen LogP contribution in [0.15, 0.2) is 29.8 Å². The molecule has 1 atom stereocenters. The molecule has 0 spiro atoms. The Morgan fingerprint density at radius 1 is 1.37 bits per heavy atom. The molecule has 1 aliphatic rings. The van der Waals surface area contributed by atoms with Crippen LogP contribution in [0, 0.1) is 11.6 Å². The second-order valence-electron chi connectivity index (χ2n) is 4.50. The minimum atomic E-state index is -0.903. The zero-order valence-corrected chi connectivity index (χ0v) is 10.9. The van der Waals surface area contributed by atoms with Crippen molar-refractivity contribution >= 4 is 5.91 Å². The molecule has 1 unspecified atom stereocenters. The minimum absolute atomic E-state index is 0.119. The number of amides is 1. The van der Waals surface area contributed by atoms with Gasteiger partial charge in [-0.25, -0.2) is 14.2 Å². The third-order valence-electron chi connectivity index (χ3n) is 3.33. The average molecular weight is 266 g/mol. The molecule has 0 aliphatic carbocycles. The highest BCUT2D eigenvalue weighted by Crippen LogP contribution is 2.24. The van der Waals surface area contributed by atoms with Crippen molar-refractivity contribution in [2.75, 3.05) is 6.54 Å². The Kier molecular flexibility index (Phi) is 3.95. The van der Waals surface area contributed by atoms with Crippen molar-refractivity contribution in [3.63, 3.8) is 0 Å². The quantitative estimate of drug-likeness (QED) is 0.835. The maximum atomic E-state index is 13.2. The highest BCUT2D eigenvalue weighted by Gasteiger charge is 2.27. The van der Waals surface area contributed by atoms with Crippen LogP contribution in [0.4, 0.5) is 8.78 Å². The van der Waals surface area contributed by atoms with E-state index < -0.39 is 11.6 Å². The highest BCUT2D eigenvalue weighted by molar-refractivity contribution is 5.94. The van der Waals surface area contributed by atoms with Gasteiger partial charge in [-0.05, 0) is 38.0 Å². The van der Waals surface area contributed by atoms with Crippen molar-refractivity contribution in [2.45, 2.75) is 26.3 Å². The van der Waals surface area contributed by atoms with Crippen molar-refractivity contribution in [2.24, 2.45) is 0 Å². The van der Waals surface area contributed by atoms with Crippen LogP contribution in [0.2, 0.25) is 0 Å². The van der Waals surface area contributed by atoms with E-state index in [1.165, 1.54) is 11.1 Å². The van der Waals surface area contributed by atoms with E-state index in [-0.39, 0.29) is 11.9 Å². The number of nitrogens with zero attached hydrogens (tertiary/aromatic N) is 1. The molecule has 1 aliphatic heterocycles. The molecular formula is C14H16F2N2O. The van der Waals surface area contributed by atoms with Crippen LogP contribution in [0.1, 0.15) is 31.9 Å². The molecule has 2 rings (SSSR count). The molecule has 0 radical (unpaired) electrons. The second-order valence-corrected chi connectivity index (χ2v) is 4.50. The van der Waals surface area contributed by atoms with Crippen LogP contribution in [0.3, 0.4) is 0 Å². The van der Waals surface area contributed by atoms with Crippen molar-refractivity contribution < 1.29 is 13.6 Å². The zero-order valence-electron chi connectivity index (χ0n) is 10.9. The lowest BCUT2D eigenvalue weighted by molar-refractivity contribution is -0.134. The van der Waals surface area contributed by atoms with E-state index in [1.54, 1.807) is 13.0 Å². The summed E-state index contributed by atoms with van der Waals surface area (Å²) in [6.45, 7) is 4.24. The summed E-state index contributed by atoms with van der Waals surface area (Å²) in [5.41, 5.74) is 4.27. The number of hydrazine groups is 1. The molecule has 1 saturated heterocycles. The average Bonchev–Trinajstić information content (AvgIpc) is 2.41. The summed E-state index contributed by atoms with van der Waals surface area (Å²) in [6, 6.07) is 3.32. The number of hydrogen-bond acceptors (Lipinski definition) is 2. The van der Waals surface area contributed by atoms with Gasteiger partial charge in [0.25, 0.3) is 5.91 Å². The van der Waals surface area contributed by atoms with E-state index in [2.05, 4.69) is 5.43 Å². The van der Waals surface area contributed by atoms with Gasteiger partial charge >= 0.3 is 0 Å². The number of rotatable bonds is 2. The largest absolute Gasteiger partial charge is 0.268 e. The summed E-state index contributed by atoms with van der Waals surface area (Å²) in [6.07, 6.45) is 2.46. The maximum Gasteiger partial charge on any atom is 0.264 e. The first kappa shape index (κ1) is 13.7.